The number of esters is 1. The molecule has 1 aliphatic rings. The Kier molecular flexibility index (Phi) is 5.23. The van der Waals surface area contributed by atoms with Gasteiger partial charge in [-0.15, -0.1) is 0 Å². The number of hydrogen-bond acceptors (Lipinski definition) is 4. The lowest BCUT2D eigenvalue weighted by molar-refractivity contribution is -0.139. The molecule has 0 bridgehead atoms. The molecule has 136 valence electrons. The van der Waals surface area contributed by atoms with E-state index in [0.717, 1.165) is 0 Å². The van der Waals surface area contributed by atoms with Gasteiger partial charge in [0.2, 0.25) is 0 Å². The molecule has 2 aromatic rings. The smallest absolute Gasteiger partial charge is 0.338 e. The zero-order valence-electron chi connectivity index (χ0n) is 15.1. The molecule has 0 spiro atoms. The number of carbonyl (C=O) groups excluding carboxylic acids is 2. The Morgan fingerprint density at radius 2 is 1.85 bits per heavy atom. The number of amides is 2. The van der Waals surface area contributed by atoms with Crippen LogP contribution in [0.3, 0.4) is 0 Å². The Morgan fingerprint density at radius 3 is 2.44 bits per heavy atom. The lowest BCUT2D eigenvalue weighted by atomic mass is 9.94. The summed E-state index contributed by atoms with van der Waals surface area (Å²) >= 11 is 0. The number of ether oxygens (including phenoxy) is 1. The van der Waals surface area contributed by atoms with Crippen LogP contribution in [0.4, 0.5) is 10.5 Å². The van der Waals surface area contributed by atoms with E-state index < -0.39 is 12.0 Å². The van der Waals surface area contributed by atoms with E-state index in [4.69, 9.17) is 10.00 Å². The van der Waals surface area contributed by atoms with Gasteiger partial charge in [-0.05, 0) is 43.7 Å². The normalized spacial score (nSPS) is 16.6. The maximum Gasteiger partial charge on any atom is 0.338 e. The predicted molar refractivity (Wildman–Crippen MR) is 101 cm³/mol. The van der Waals surface area contributed by atoms with Crippen LogP contribution >= 0.6 is 0 Å². The molecule has 0 aliphatic carbocycles. The van der Waals surface area contributed by atoms with Crippen molar-refractivity contribution in [2.45, 2.75) is 19.9 Å². The van der Waals surface area contributed by atoms with E-state index in [9.17, 15) is 9.59 Å². The molecule has 0 radical (unpaired) electrons. The van der Waals surface area contributed by atoms with Crippen molar-refractivity contribution in [1.82, 2.24) is 5.32 Å². The standard InChI is InChI=1S/C21H19N3O3/c1-3-27-20(25)18-14(2)24(17-7-5-4-6-8-17)21(26)23-19(18)16-11-9-15(13-22)10-12-16/h4-12,19H,3H2,1-2H3,(H,23,26). The van der Waals surface area contributed by atoms with Crippen LogP contribution < -0.4 is 10.2 Å². The Bertz CT molecular complexity index is 927. The number of carbonyl (C=O) groups is 2. The first kappa shape index (κ1) is 18.2. The molecule has 0 saturated heterocycles. The van der Waals surface area contributed by atoms with Gasteiger partial charge in [-0.1, -0.05) is 30.3 Å². The van der Waals surface area contributed by atoms with E-state index in [1.165, 1.54) is 4.90 Å². The van der Waals surface area contributed by atoms with Crippen molar-refractivity contribution in [3.05, 3.63) is 77.0 Å². The summed E-state index contributed by atoms with van der Waals surface area (Å²) in [4.78, 5) is 27.0. The molecule has 27 heavy (non-hydrogen) atoms. The third kappa shape index (κ3) is 3.53. The van der Waals surface area contributed by atoms with Gasteiger partial charge in [0, 0.05) is 5.70 Å². The minimum absolute atomic E-state index is 0.231. The number of urea groups is 1. The van der Waals surface area contributed by atoms with Crippen molar-refractivity contribution in [2.75, 3.05) is 11.5 Å². The van der Waals surface area contributed by atoms with Crippen molar-refractivity contribution < 1.29 is 14.3 Å². The van der Waals surface area contributed by atoms with Gasteiger partial charge < -0.3 is 10.1 Å². The van der Waals surface area contributed by atoms with Crippen molar-refractivity contribution >= 4 is 17.7 Å². The maximum absolute atomic E-state index is 12.8. The van der Waals surface area contributed by atoms with Crippen LogP contribution in [-0.2, 0) is 9.53 Å². The van der Waals surface area contributed by atoms with Gasteiger partial charge in [-0.25, -0.2) is 9.59 Å². The van der Waals surface area contributed by atoms with Crippen LogP contribution in [0.5, 0.6) is 0 Å². The third-order valence-electron chi connectivity index (χ3n) is 4.37. The number of hydrogen-bond donors (Lipinski definition) is 1. The summed E-state index contributed by atoms with van der Waals surface area (Å²) in [6.45, 7) is 3.70. The van der Waals surface area contributed by atoms with Gasteiger partial charge in [0.05, 0.1) is 35.5 Å². The molecule has 6 nitrogen and oxygen atoms in total. The fourth-order valence-corrected chi connectivity index (χ4v) is 3.10. The molecule has 1 N–H and O–H groups in total. The van der Waals surface area contributed by atoms with Crippen LogP contribution in [0.15, 0.2) is 65.9 Å². The van der Waals surface area contributed by atoms with E-state index >= 15 is 0 Å². The van der Waals surface area contributed by atoms with Gasteiger partial charge in [-0.2, -0.15) is 5.26 Å². The molecule has 3 rings (SSSR count). The van der Waals surface area contributed by atoms with Crippen LogP contribution in [-0.4, -0.2) is 18.6 Å². The van der Waals surface area contributed by atoms with E-state index in [1.54, 1.807) is 50.2 Å². The number of nitrogens with zero attached hydrogens (tertiary/aromatic N) is 2. The number of para-hydroxylation sites is 1. The summed E-state index contributed by atoms with van der Waals surface area (Å²) in [7, 11) is 0. The molecule has 1 aliphatic heterocycles. The van der Waals surface area contributed by atoms with E-state index in [1.807, 2.05) is 18.2 Å². The molecule has 0 fully saturated rings. The number of benzene rings is 2. The van der Waals surface area contributed by atoms with Gasteiger partial charge in [-0.3, -0.25) is 4.90 Å². The molecule has 6 heteroatoms. The van der Waals surface area contributed by atoms with Gasteiger partial charge >= 0.3 is 12.0 Å². The highest BCUT2D eigenvalue weighted by Gasteiger charge is 2.37. The topological polar surface area (TPSA) is 82.4 Å². The molecule has 1 atom stereocenters. The highest BCUT2D eigenvalue weighted by atomic mass is 16.5. The molecule has 0 saturated carbocycles. The van der Waals surface area contributed by atoms with Crippen LogP contribution in [0, 0.1) is 11.3 Å². The molecule has 2 amide bonds. The highest BCUT2D eigenvalue weighted by molar-refractivity contribution is 6.03. The second kappa shape index (κ2) is 7.75. The number of anilines is 1. The van der Waals surface area contributed by atoms with Crippen molar-refractivity contribution in [1.29, 1.82) is 5.26 Å². The number of nitriles is 1. The lowest BCUT2D eigenvalue weighted by Crippen LogP contribution is -2.48. The summed E-state index contributed by atoms with van der Waals surface area (Å²) in [5, 5.41) is 11.9. The van der Waals surface area contributed by atoms with Crippen LogP contribution in [0.25, 0.3) is 0 Å². The average molecular weight is 361 g/mol. The number of nitrogens with one attached hydrogen (secondary N) is 1. The van der Waals surface area contributed by atoms with Gasteiger partial charge in [0.15, 0.2) is 0 Å². The summed E-state index contributed by atoms with van der Waals surface area (Å²) in [6.07, 6.45) is 0. The average Bonchev–Trinajstić information content (AvgIpc) is 2.68. The van der Waals surface area contributed by atoms with Crippen molar-refractivity contribution in [2.24, 2.45) is 0 Å². The first-order valence-electron chi connectivity index (χ1n) is 8.60. The van der Waals surface area contributed by atoms with E-state index in [-0.39, 0.29) is 12.6 Å². The van der Waals surface area contributed by atoms with Crippen molar-refractivity contribution in [3.8, 4) is 6.07 Å². The molecular formula is C21H19N3O3. The van der Waals surface area contributed by atoms with Gasteiger partial charge in [0.1, 0.15) is 0 Å². The van der Waals surface area contributed by atoms with Crippen molar-refractivity contribution in [3.63, 3.8) is 0 Å². The zero-order chi connectivity index (χ0) is 19.4. The molecule has 0 aromatic heterocycles. The monoisotopic (exact) mass is 361 g/mol. The minimum atomic E-state index is -0.649. The Morgan fingerprint density at radius 1 is 1.19 bits per heavy atom. The minimum Gasteiger partial charge on any atom is -0.463 e. The van der Waals surface area contributed by atoms with Crippen LogP contribution in [0.2, 0.25) is 0 Å². The molecule has 1 heterocycles. The summed E-state index contributed by atoms with van der Waals surface area (Å²) in [6, 6.07) is 17.0. The highest BCUT2D eigenvalue weighted by Crippen LogP contribution is 2.34. The molecule has 2 aromatic carbocycles. The molecular weight excluding hydrogens is 342 g/mol. The van der Waals surface area contributed by atoms with E-state index in [2.05, 4.69) is 11.4 Å². The first-order chi connectivity index (χ1) is 13.1. The van der Waals surface area contributed by atoms with E-state index in [0.29, 0.717) is 28.1 Å². The third-order valence-corrected chi connectivity index (χ3v) is 4.37. The lowest BCUT2D eigenvalue weighted by Gasteiger charge is -2.35. The quantitative estimate of drug-likeness (QED) is 0.843. The fraction of sp³-hybridized carbons (Fsp3) is 0.190. The Balaban J connectivity index is 2.11. The Hall–Kier alpha value is -3.59. The number of rotatable bonds is 4. The SMILES string of the molecule is CCOC(=O)C1=C(C)N(c2ccccc2)C(=O)NC1c1ccc(C#N)cc1. The summed E-state index contributed by atoms with van der Waals surface area (Å²) in [5.41, 5.74) is 2.75. The fourth-order valence-electron chi connectivity index (χ4n) is 3.10. The predicted octanol–water partition coefficient (Wildman–Crippen LogP) is 3.67. The summed E-state index contributed by atoms with van der Waals surface area (Å²) in [5.74, 6) is -0.481. The van der Waals surface area contributed by atoms with Crippen LogP contribution in [0.1, 0.15) is 31.0 Å². The Labute approximate surface area is 157 Å². The zero-order valence-corrected chi connectivity index (χ0v) is 15.1. The maximum atomic E-state index is 12.8. The summed E-state index contributed by atoms with van der Waals surface area (Å²) < 4.78 is 5.24. The second-order valence-corrected chi connectivity index (χ2v) is 6.01. The first-order valence-corrected chi connectivity index (χ1v) is 8.60. The number of allylic oxidation sites excluding steroid dienone is 1. The second-order valence-electron chi connectivity index (χ2n) is 6.01. The molecule has 1 unspecified atom stereocenters. The largest absolute Gasteiger partial charge is 0.463 e. The van der Waals surface area contributed by atoms with Gasteiger partial charge in [0.25, 0.3) is 0 Å².